The van der Waals surface area contributed by atoms with Crippen LogP contribution in [0.25, 0.3) is 6.08 Å². The van der Waals surface area contributed by atoms with Crippen LogP contribution < -0.4 is 47.9 Å². The molecule has 21 heteroatoms. The standard InChI is InChI=1S/C68H94N10O11/c1-15-47-22-17-18-24-49(47)40-78(53-26-20-19-23-48(53)16-2)56(80)36-35-55(79)75-57(43(5)6)61(82)74-52(25-21-37-71-65(69)87)60(81)73-51-33-29-46(30-34-51)41-89-66(88)72-39-45-27-31-50(32-28-45)68(11,12)58(70-13)62(83)76-59(67(8,9)10)63(84)77(14)54(42(3)4)38-44(7)64(85)86/h16-20,22-24,26-34,38,42-43,52,54,57-59,70H,2,15,21,25,35-37,39-41H2,1,3-14H3,(H,72,88)(H,73,81)(H,74,82)(H,75,79)(H,76,83)(H,85,86)(H3,69,71,87)/b44-38+/t52-,54+,57-,58+,59+/m0/s1. The number of rotatable bonds is 32. The van der Waals surface area contributed by atoms with Crippen LogP contribution in [-0.2, 0) is 69.8 Å². The number of anilines is 2. The summed E-state index contributed by atoms with van der Waals surface area (Å²) in [6, 6.07) is 24.0. The van der Waals surface area contributed by atoms with Crippen LogP contribution in [0.15, 0.2) is 115 Å². The first kappa shape index (κ1) is 72.6. The number of aliphatic carboxylic acids is 1. The van der Waals surface area contributed by atoms with Gasteiger partial charge in [-0.25, -0.2) is 14.4 Å². The van der Waals surface area contributed by atoms with Gasteiger partial charge in [-0.2, -0.15) is 0 Å². The molecule has 0 aromatic heterocycles. The van der Waals surface area contributed by atoms with E-state index < -0.39 is 88.7 Å². The van der Waals surface area contributed by atoms with Gasteiger partial charge in [-0.05, 0) is 102 Å². The first-order chi connectivity index (χ1) is 41.9. The Morgan fingerprint density at radius 2 is 1.35 bits per heavy atom. The van der Waals surface area contributed by atoms with Crippen LogP contribution in [0.1, 0.15) is 135 Å². The number of amides is 9. The molecule has 0 fully saturated rings. The second kappa shape index (κ2) is 34.1. The summed E-state index contributed by atoms with van der Waals surface area (Å²) < 4.78 is 5.49. The molecule has 10 N–H and O–H groups in total. The number of carbonyl (C=O) groups excluding carboxylic acids is 8. The van der Waals surface area contributed by atoms with Gasteiger partial charge in [-0.1, -0.05) is 167 Å². The molecule has 0 saturated heterocycles. The van der Waals surface area contributed by atoms with Crippen molar-refractivity contribution in [3.8, 4) is 0 Å². The third-order valence-corrected chi connectivity index (χ3v) is 15.6. The molecule has 89 heavy (non-hydrogen) atoms. The van der Waals surface area contributed by atoms with Gasteiger partial charge in [0.25, 0.3) is 0 Å². The largest absolute Gasteiger partial charge is 0.478 e. The summed E-state index contributed by atoms with van der Waals surface area (Å²) in [5, 5.41) is 29.3. The van der Waals surface area contributed by atoms with Gasteiger partial charge in [0, 0.05) is 49.7 Å². The molecule has 0 aliphatic carbocycles. The van der Waals surface area contributed by atoms with Crippen molar-refractivity contribution in [3.05, 3.63) is 149 Å². The summed E-state index contributed by atoms with van der Waals surface area (Å²) >= 11 is 0. The number of nitrogens with two attached hydrogens (primary N) is 1. The van der Waals surface area contributed by atoms with Gasteiger partial charge in [0.1, 0.15) is 24.7 Å². The number of para-hydroxylation sites is 1. The fourth-order valence-corrected chi connectivity index (χ4v) is 10.3. The van der Waals surface area contributed by atoms with E-state index in [1.54, 1.807) is 69.3 Å². The highest BCUT2D eigenvalue weighted by atomic mass is 16.5. The van der Waals surface area contributed by atoms with Crippen LogP contribution in [0.2, 0.25) is 0 Å². The number of primary amides is 1. The summed E-state index contributed by atoms with van der Waals surface area (Å²) in [7, 11) is 3.29. The van der Waals surface area contributed by atoms with Gasteiger partial charge >= 0.3 is 18.1 Å². The number of nitrogens with zero attached hydrogens (tertiary/aromatic N) is 2. The van der Waals surface area contributed by atoms with Gasteiger partial charge < -0.3 is 62.6 Å². The molecule has 0 saturated carbocycles. The molecule has 0 aliphatic heterocycles. The average Bonchev–Trinajstić information content (AvgIpc) is 1.44. The van der Waals surface area contributed by atoms with Crippen molar-refractivity contribution in [3.63, 3.8) is 0 Å². The summed E-state index contributed by atoms with van der Waals surface area (Å²) in [5.74, 6) is -4.38. The molecule has 0 aliphatic rings. The normalized spacial score (nSPS) is 13.4. The zero-order chi connectivity index (χ0) is 66.3. The number of likely N-dealkylation sites (N-methyl/N-ethyl adjacent to an activating group) is 2. The highest BCUT2D eigenvalue weighted by Gasteiger charge is 2.42. The Kier molecular flexibility index (Phi) is 27.8. The molecule has 0 radical (unpaired) electrons. The number of hydrogen-bond donors (Lipinski definition) is 9. The Labute approximate surface area is 524 Å². The van der Waals surface area contributed by atoms with E-state index in [4.69, 9.17) is 10.5 Å². The van der Waals surface area contributed by atoms with E-state index >= 15 is 0 Å². The molecule has 0 spiro atoms. The van der Waals surface area contributed by atoms with E-state index in [1.165, 1.54) is 11.8 Å². The van der Waals surface area contributed by atoms with Crippen molar-refractivity contribution in [1.29, 1.82) is 0 Å². The quantitative estimate of drug-likeness (QED) is 0.0165. The fraction of sp³-hybridized carbons (Fsp3) is 0.456. The minimum absolute atomic E-state index is 0.0902. The lowest BCUT2D eigenvalue weighted by atomic mass is 9.76. The summed E-state index contributed by atoms with van der Waals surface area (Å²) in [6.45, 7) is 24.6. The lowest BCUT2D eigenvalue weighted by Gasteiger charge is -2.40. The molecule has 9 amide bonds. The third-order valence-electron chi connectivity index (χ3n) is 15.6. The number of urea groups is 1. The average molecular weight is 1230 g/mol. The van der Waals surface area contributed by atoms with E-state index in [2.05, 4.69) is 43.8 Å². The van der Waals surface area contributed by atoms with Crippen LogP contribution in [0, 0.1) is 17.3 Å². The van der Waals surface area contributed by atoms with Crippen molar-refractivity contribution < 1.29 is 53.0 Å². The number of ether oxygens (including phenoxy) is 1. The molecule has 0 heterocycles. The number of nitrogens with one attached hydrogen (secondary N) is 7. The molecule has 482 valence electrons. The van der Waals surface area contributed by atoms with E-state index in [0.29, 0.717) is 16.9 Å². The van der Waals surface area contributed by atoms with Crippen LogP contribution >= 0.6 is 0 Å². The monoisotopic (exact) mass is 1230 g/mol. The summed E-state index contributed by atoms with van der Waals surface area (Å²) in [6.07, 6.45) is 3.30. The van der Waals surface area contributed by atoms with Gasteiger partial charge in [0.05, 0.1) is 24.3 Å². The fourth-order valence-electron chi connectivity index (χ4n) is 10.3. The number of benzene rings is 4. The topological polar surface area (TPSA) is 300 Å². The Hall–Kier alpha value is -8.85. The molecule has 4 rings (SSSR count). The third kappa shape index (κ3) is 21.8. The molecule has 0 unspecified atom stereocenters. The molecule has 0 bridgehead atoms. The number of carbonyl (C=O) groups is 9. The molecular weight excluding hydrogens is 1130 g/mol. The maximum absolute atomic E-state index is 14.1. The molecule has 5 atom stereocenters. The summed E-state index contributed by atoms with van der Waals surface area (Å²) in [4.78, 5) is 123. The van der Waals surface area contributed by atoms with Gasteiger partial charge in [-0.15, -0.1) is 0 Å². The van der Waals surface area contributed by atoms with Crippen molar-refractivity contribution in [2.45, 2.75) is 164 Å². The van der Waals surface area contributed by atoms with Crippen LogP contribution in [-0.4, -0.2) is 114 Å². The van der Waals surface area contributed by atoms with Crippen molar-refractivity contribution in [2.24, 2.45) is 23.0 Å². The van der Waals surface area contributed by atoms with Crippen molar-refractivity contribution >= 4 is 71.0 Å². The molecule has 4 aromatic carbocycles. The maximum Gasteiger partial charge on any atom is 0.407 e. The maximum atomic E-state index is 14.1. The Morgan fingerprint density at radius 1 is 0.730 bits per heavy atom. The molecule has 21 nitrogen and oxygen atoms in total. The van der Waals surface area contributed by atoms with Crippen molar-refractivity contribution in [1.82, 2.24) is 36.8 Å². The van der Waals surface area contributed by atoms with Gasteiger partial charge in [0.15, 0.2) is 0 Å². The van der Waals surface area contributed by atoms with Crippen molar-refractivity contribution in [2.75, 3.05) is 30.9 Å². The Morgan fingerprint density at radius 3 is 1.92 bits per heavy atom. The lowest BCUT2D eigenvalue weighted by Crippen LogP contribution is -2.61. The number of aryl methyl sites for hydroxylation is 1. The van der Waals surface area contributed by atoms with E-state index in [1.807, 2.05) is 128 Å². The minimum atomic E-state index is -1.11. The van der Waals surface area contributed by atoms with E-state index in [0.717, 1.165) is 34.2 Å². The van der Waals surface area contributed by atoms with Crippen LogP contribution in [0.4, 0.5) is 21.0 Å². The highest BCUT2D eigenvalue weighted by molar-refractivity contribution is 6.00. The van der Waals surface area contributed by atoms with Crippen LogP contribution in [0.5, 0.6) is 0 Å². The van der Waals surface area contributed by atoms with Gasteiger partial charge in [-0.3, -0.25) is 28.8 Å². The SMILES string of the molecule is C=Cc1ccccc1N(Cc1ccccc1CC)C(=O)CCC(=O)N[C@H](C(=O)N[C@@H](CCCNC(N)=O)C(=O)Nc1ccc(COC(=O)NCc2ccc(C(C)(C)[C@H](NC)C(=O)N[C@H](C(=O)N(C)[C@H](/C=C(\C)C(=O)O)C(C)C)C(C)(C)C)cc2)cc1)C(C)C. The van der Waals surface area contributed by atoms with E-state index in [-0.39, 0.29) is 75.2 Å². The highest BCUT2D eigenvalue weighted by Crippen LogP contribution is 2.31. The number of carboxylic acid groups (broad SMARTS) is 1. The second-order valence-corrected chi connectivity index (χ2v) is 24.6. The second-order valence-electron chi connectivity index (χ2n) is 24.6. The zero-order valence-corrected chi connectivity index (χ0v) is 54.0. The van der Waals surface area contributed by atoms with Gasteiger partial charge in [0.2, 0.25) is 35.4 Å². The van der Waals surface area contributed by atoms with Crippen LogP contribution in [0.3, 0.4) is 0 Å². The Balaban J connectivity index is 1.35. The number of hydrogen-bond acceptors (Lipinski definition) is 11. The van der Waals surface area contributed by atoms with E-state index in [9.17, 15) is 48.3 Å². The Bertz CT molecular complexity index is 3130. The summed E-state index contributed by atoms with van der Waals surface area (Å²) in [5.41, 5.74) is 9.90. The number of alkyl carbamates (subject to hydrolysis) is 1. The minimum Gasteiger partial charge on any atom is -0.478 e. The molecular formula is C68H94N10O11. The predicted octanol–water partition coefficient (Wildman–Crippen LogP) is 8.26. The first-order valence-corrected chi connectivity index (χ1v) is 30.2. The number of carboxylic acids is 1. The smallest absolute Gasteiger partial charge is 0.407 e. The zero-order valence-electron chi connectivity index (χ0n) is 54.0. The predicted molar refractivity (Wildman–Crippen MR) is 347 cm³/mol. The lowest BCUT2D eigenvalue weighted by molar-refractivity contribution is -0.141. The first-order valence-electron chi connectivity index (χ1n) is 30.2. The molecule has 4 aromatic rings.